The average molecular weight is 324 g/mol. The highest BCUT2D eigenvalue weighted by atomic mass is 32.2. The molecule has 0 saturated heterocycles. The number of carbonyl (C=O) groups is 1. The Bertz CT molecular complexity index is 742. The van der Waals surface area contributed by atoms with E-state index in [0.717, 1.165) is 11.4 Å². The zero-order valence-corrected chi connectivity index (χ0v) is 13.2. The van der Waals surface area contributed by atoms with Crippen LogP contribution in [0.4, 0.5) is 0 Å². The van der Waals surface area contributed by atoms with Crippen LogP contribution in [0.3, 0.4) is 0 Å². The molecule has 1 amide bonds. The molecule has 0 bridgehead atoms. The van der Waals surface area contributed by atoms with Crippen molar-refractivity contribution in [1.29, 1.82) is 0 Å². The van der Waals surface area contributed by atoms with Crippen LogP contribution in [0.1, 0.15) is 10.4 Å². The molecular formula is C17H16N4OS. The predicted octanol–water partition coefficient (Wildman–Crippen LogP) is 2.79. The lowest BCUT2D eigenvalue weighted by molar-refractivity contribution is 0.0956. The first kappa shape index (κ1) is 15.3. The molecule has 23 heavy (non-hydrogen) atoms. The fraction of sp³-hybridized carbons (Fsp3) is 0.118. The second kappa shape index (κ2) is 7.60. The van der Waals surface area contributed by atoms with Crippen molar-refractivity contribution in [2.24, 2.45) is 0 Å². The molecule has 5 nitrogen and oxygen atoms in total. The van der Waals surface area contributed by atoms with Crippen molar-refractivity contribution in [3.63, 3.8) is 0 Å². The Labute approximate surface area is 138 Å². The highest BCUT2D eigenvalue weighted by Gasteiger charge is 2.05. The van der Waals surface area contributed by atoms with Crippen LogP contribution in [0.25, 0.3) is 5.69 Å². The third-order valence-electron chi connectivity index (χ3n) is 3.25. The van der Waals surface area contributed by atoms with Crippen molar-refractivity contribution in [1.82, 2.24) is 20.1 Å². The zero-order chi connectivity index (χ0) is 15.9. The van der Waals surface area contributed by atoms with Crippen LogP contribution >= 0.6 is 11.8 Å². The number of amides is 1. The first-order valence-corrected chi connectivity index (χ1v) is 8.22. The Morgan fingerprint density at radius 2 is 1.70 bits per heavy atom. The summed E-state index contributed by atoms with van der Waals surface area (Å²) in [5, 5.41) is 10.5. The summed E-state index contributed by atoms with van der Waals surface area (Å²) < 4.78 is 1.79. The van der Waals surface area contributed by atoms with Gasteiger partial charge in [0.05, 0.1) is 0 Å². The van der Waals surface area contributed by atoms with E-state index in [-0.39, 0.29) is 5.91 Å². The molecule has 0 atom stereocenters. The molecule has 116 valence electrons. The Hall–Kier alpha value is -2.60. The lowest BCUT2D eigenvalue weighted by atomic mass is 10.2. The fourth-order valence-electron chi connectivity index (χ4n) is 2.07. The standard InChI is InChI=1S/C17H16N4OS/c22-17(18-10-11-23-16-4-2-1-3-5-16)14-6-8-15(9-7-14)21-12-19-20-13-21/h1-9,12-13H,10-11H2,(H,18,22). The van der Waals surface area contributed by atoms with Crippen molar-refractivity contribution in [3.05, 3.63) is 72.8 Å². The fourth-order valence-corrected chi connectivity index (χ4v) is 2.86. The van der Waals surface area contributed by atoms with Crippen LogP contribution in [0, 0.1) is 0 Å². The number of aromatic nitrogens is 3. The van der Waals surface area contributed by atoms with E-state index >= 15 is 0 Å². The molecule has 1 aromatic heterocycles. The van der Waals surface area contributed by atoms with Gasteiger partial charge < -0.3 is 5.32 Å². The summed E-state index contributed by atoms with van der Waals surface area (Å²) in [6, 6.07) is 17.5. The SMILES string of the molecule is O=C(NCCSc1ccccc1)c1ccc(-n2cnnc2)cc1. The molecule has 1 N–H and O–H groups in total. The topological polar surface area (TPSA) is 59.8 Å². The molecule has 3 rings (SSSR count). The van der Waals surface area contributed by atoms with Crippen LogP contribution in [0.15, 0.2) is 72.1 Å². The number of carbonyl (C=O) groups excluding carboxylic acids is 1. The molecule has 0 spiro atoms. The summed E-state index contributed by atoms with van der Waals surface area (Å²) in [4.78, 5) is 13.3. The minimum absolute atomic E-state index is 0.0611. The van der Waals surface area contributed by atoms with Crippen molar-refractivity contribution in [2.45, 2.75) is 4.90 Å². The molecule has 0 fully saturated rings. The molecule has 2 aromatic carbocycles. The number of rotatable bonds is 6. The van der Waals surface area contributed by atoms with E-state index in [1.54, 1.807) is 41.1 Å². The first-order chi connectivity index (χ1) is 11.3. The summed E-state index contributed by atoms with van der Waals surface area (Å²) in [5.41, 5.74) is 1.57. The Kier molecular flexibility index (Phi) is 5.06. The van der Waals surface area contributed by atoms with Gasteiger partial charge in [-0.1, -0.05) is 18.2 Å². The summed E-state index contributed by atoms with van der Waals surface area (Å²) in [7, 11) is 0. The Morgan fingerprint density at radius 3 is 2.39 bits per heavy atom. The molecule has 6 heteroatoms. The number of nitrogens with one attached hydrogen (secondary N) is 1. The van der Waals surface area contributed by atoms with Gasteiger partial charge >= 0.3 is 0 Å². The molecular weight excluding hydrogens is 308 g/mol. The number of hydrogen-bond donors (Lipinski definition) is 1. The van der Waals surface area contributed by atoms with Crippen LogP contribution in [-0.4, -0.2) is 33.0 Å². The van der Waals surface area contributed by atoms with E-state index in [1.165, 1.54) is 4.90 Å². The minimum Gasteiger partial charge on any atom is -0.351 e. The minimum atomic E-state index is -0.0611. The number of benzene rings is 2. The maximum absolute atomic E-state index is 12.1. The van der Waals surface area contributed by atoms with Crippen molar-refractivity contribution in [2.75, 3.05) is 12.3 Å². The molecule has 0 aliphatic heterocycles. The first-order valence-electron chi connectivity index (χ1n) is 7.24. The predicted molar refractivity (Wildman–Crippen MR) is 90.9 cm³/mol. The van der Waals surface area contributed by atoms with Crippen LogP contribution < -0.4 is 5.32 Å². The van der Waals surface area contributed by atoms with Crippen molar-refractivity contribution >= 4 is 17.7 Å². The van der Waals surface area contributed by atoms with Gasteiger partial charge in [-0.05, 0) is 36.4 Å². The maximum Gasteiger partial charge on any atom is 0.251 e. The number of nitrogens with zero attached hydrogens (tertiary/aromatic N) is 3. The van der Waals surface area contributed by atoms with Crippen molar-refractivity contribution in [3.8, 4) is 5.69 Å². The van der Waals surface area contributed by atoms with Gasteiger partial charge in [0.15, 0.2) is 0 Å². The third-order valence-corrected chi connectivity index (χ3v) is 4.26. The molecule has 3 aromatic rings. The number of hydrogen-bond acceptors (Lipinski definition) is 4. The van der Waals surface area contributed by atoms with Crippen molar-refractivity contribution < 1.29 is 4.79 Å². The third kappa shape index (κ3) is 4.20. The zero-order valence-electron chi connectivity index (χ0n) is 12.4. The van der Waals surface area contributed by atoms with Gasteiger partial charge in [0, 0.05) is 28.4 Å². The van der Waals surface area contributed by atoms with Gasteiger partial charge in [-0.2, -0.15) is 0 Å². The monoisotopic (exact) mass is 324 g/mol. The van der Waals surface area contributed by atoms with E-state index in [2.05, 4.69) is 27.6 Å². The second-order valence-electron chi connectivity index (χ2n) is 4.83. The lowest BCUT2D eigenvalue weighted by Gasteiger charge is -2.06. The smallest absolute Gasteiger partial charge is 0.251 e. The Morgan fingerprint density at radius 1 is 1.00 bits per heavy atom. The summed E-state index contributed by atoms with van der Waals surface area (Å²) in [6.07, 6.45) is 3.24. The normalized spacial score (nSPS) is 10.4. The van der Waals surface area contributed by atoms with Gasteiger partial charge in [0.2, 0.25) is 0 Å². The summed E-state index contributed by atoms with van der Waals surface area (Å²) >= 11 is 1.73. The van der Waals surface area contributed by atoms with Crippen LogP contribution in [-0.2, 0) is 0 Å². The van der Waals surface area contributed by atoms with E-state index in [9.17, 15) is 4.79 Å². The summed E-state index contributed by atoms with van der Waals surface area (Å²) in [6.45, 7) is 0.631. The van der Waals surface area contributed by atoms with Gasteiger partial charge in [-0.25, -0.2) is 0 Å². The molecule has 0 unspecified atom stereocenters. The molecule has 0 saturated carbocycles. The highest BCUT2D eigenvalue weighted by molar-refractivity contribution is 7.99. The van der Waals surface area contributed by atoms with E-state index < -0.39 is 0 Å². The average Bonchev–Trinajstić information content (AvgIpc) is 3.14. The maximum atomic E-state index is 12.1. The van der Waals surface area contributed by atoms with Gasteiger partial charge in [0.1, 0.15) is 12.7 Å². The lowest BCUT2D eigenvalue weighted by Crippen LogP contribution is -2.25. The van der Waals surface area contributed by atoms with Gasteiger partial charge in [-0.15, -0.1) is 22.0 Å². The largest absolute Gasteiger partial charge is 0.351 e. The van der Waals surface area contributed by atoms with Gasteiger partial charge in [-0.3, -0.25) is 9.36 Å². The molecule has 1 heterocycles. The molecule has 0 aliphatic rings. The van der Waals surface area contributed by atoms with E-state index in [4.69, 9.17) is 0 Å². The summed E-state index contributed by atoms with van der Waals surface area (Å²) in [5.74, 6) is 0.781. The van der Waals surface area contributed by atoms with Crippen LogP contribution in [0.5, 0.6) is 0 Å². The quantitative estimate of drug-likeness (QED) is 0.559. The van der Waals surface area contributed by atoms with E-state index in [1.807, 2.05) is 30.3 Å². The highest BCUT2D eigenvalue weighted by Crippen LogP contribution is 2.16. The molecule has 0 aliphatic carbocycles. The van der Waals surface area contributed by atoms with Crippen LogP contribution in [0.2, 0.25) is 0 Å². The van der Waals surface area contributed by atoms with E-state index in [0.29, 0.717) is 12.1 Å². The van der Waals surface area contributed by atoms with Gasteiger partial charge in [0.25, 0.3) is 5.91 Å². The molecule has 0 radical (unpaired) electrons. The second-order valence-corrected chi connectivity index (χ2v) is 6.00. The Balaban J connectivity index is 1.48. The number of thioether (sulfide) groups is 1.